The summed E-state index contributed by atoms with van der Waals surface area (Å²) in [7, 11) is 3.75. The Morgan fingerprint density at radius 1 is 1.29 bits per heavy atom. The Hall–Kier alpha value is -1.18. The molecule has 7 heteroatoms. The Kier molecular flexibility index (Phi) is 9.68. The lowest BCUT2D eigenvalue weighted by molar-refractivity contribution is -0.124. The lowest BCUT2D eigenvalue weighted by Crippen LogP contribution is -2.59. The Morgan fingerprint density at radius 3 is 2.75 bits per heavy atom. The Bertz CT molecular complexity index is 502. The molecule has 2 fully saturated rings. The first-order chi connectivity index (χ1) is 13.5. The average Bonchev–Trinajstić information content (AvgIpc) is 2.66. The first kappa shape index (κ1) is 23.1. The number of piperidine rings is 1. The minimum atomic E-state index is 0.0182. The first-order valence-corrected chi connectivity index (χ1v) is 11.0. The van der Waals surface area contributed by atoms with Crippen molar-refractivity contribution in [3.63, 3.8) is 0 Å². The Balaban J connectivity index is 1.88. The quantitative estimate of drug-likeness (QED) is 0.610. The number of carbonyl (C=O) groups excluding carboxylic acids is 2. The van der Waals surface area contributed by atoms with Crippen LogP contribution in [0.15, 0.2) is 0 Å². The number of likely N-dealkylation sites (N-methyl/N-ethyl adjacent to an activating group) is 2. The van der Waals surface area contributed by atoms with Crippen molar-refractivity contribution in [1.82, 2.24) is 20.0 Å². The molecule has 0 bridgehead atoms. The van der Waals surface area contributed by atoms with Crippen LogP contribution >= 0.6 is 0 Å². The summed E-state index contributed by atoms with van der Waals surface area (Å²) in [6.45, 7) is 9.96. The van der Waals surface area contributed by atoms with Crippen LogP contribution in [0.3, 0.4) is 0 Å². The highest BCUT2D eigenvalue weighted by Crippen LogP contribution is 2.34. The number of ether oxygens (including phenoxy) is 1. The highest BCUT2D eigenvalue weighted by Gasteiger charge is 2.39. The van der Waals surface area contributed by atoms with Gasteiger partial charge in [0.1, 0.15) is 5.78 Å². The first-order valence-electron chi connectivity index (χ1n) is 11.0. The summed E-state index contributed by atoms with van der Waals surface area (Å²) in [4.78, 5) is 31.4. The number of likely N-dealkylation sites (tertiary alicyclic amines) is 1. The third-order valence-electron chi connectivity index (χ3n) is 6.20. The summed E-state index contributed by atoms with van der Waals surface area (Å²) in [6.07, 6.45) is 4.41. The Morgan fingerprint density at radius 2 is 2.07 bits per heavy atom. The van der Waals surface area contributed by atoms with Crippen molar-refractivity contribution >= 4 is 11.8 Å². The fourth-order valence-corrected chi connectivity index (χ4v) is 4.62. The highest BCUT2D eigenvalue weighted by molar-refractivity contribution is 5.79. The smallest absolute Gasteiger partial charge is 0.317 e. The molecule has 2 amide bonds. The van der Waals surface area contributed by atoms with E-state index in [2.05, 4.69) is 29.1 Å². The topological polar surface area (TPSA) is 65.1 Å². The summed E-state index contributed by atoms with van der Waals surface area (Å²) in [5.74, 6) is 0.779. The van der Waals surface area contributed by atoms with E-state index in [9.17, 15) is 9.59 Å². The second kappa shape index (κ2) is 11.7. The highest BCUT2D eigenvalue weighted by atomic mass is 16.5. The van der Waals surface area contributed by atoms with Gasteiger partial charge >= 0.3 is 6.03 Å². The molecular formula is C21H40N4O3. The SMILES string of the molecule is CCCN1C[C@@H](NC(=O)N(CC)CCN(C)CCOC)C[C@@H]2CC(=O)CC[C@H]21. The van der Waals surface area contributed by atoms with Crippen molar-refractivity contribution < 1.29 is 14.3 Å². The monoisotopic (exact) mass is 396 g/mol. The van der Waals surface area contributed by atoms with Gasteiger partial charge in [-0.05, 0) is 45.7 Å². The minimum Gasteiger partial charge on any atom is -0.383 e. The van der Waals surface area contributed by atoms with Gasteiger partial charge in [-0.25, -0.2) is 4.79 Å². The van der Waals surface area contributed by atoms with E-state index < -0.39 is 0 Å². The van der Waals surface area contributed by atoms with E-state index in [1.807, 2.05) is 11.8 Å². The standard InChI is InChI=1S/C21H40N4O3/c1-5-9-25-16-18(14-17-15-19(26)7-8-20(17)25)22-21(27)24(6-2)11-10-23(3)12-13-28-4/h17-18,20H,5-16H2,1-4H3,(H,22,27)/t17-,18+,20-/m1/s1. The van der Waals surface area contributed by atoms with Crippen LogP contribution in [0.25, 0.3) is 0 Å². The van der Waals surface area contributed by atoms with Crippen LogP contribution in [-0.2, 0) is 9.53 Å². The molecule has 3 atom stereocenters. The number of hydrogen-bond acceptors (Lipinski definition) is 5. The van der Waals surface area contributed by atoms with Gasteiger partial charge in [-0.15, -0.1) is 0 Å². The molecule has 28 heavy (non-hydrogen) atoms. The van der Waals surface area contributed by atoms with Crippen molar-refractivity contribution in [3.8, 4) is 0 Å². The maximum absolute atomic E-state index is 12.8. The van der Waals surface area contributed by atoms with Gasteiger partial charge in [-0.1, -0.05) is 6.92 Å². The second-order valence-corrected chi connectivity index (χ2v) is 8.36. The van der Waals surface area contributed by atoms with Crippen LogP contribution in [0.1, 0.15) is 46.0 Å². The number of fused-ring (bicyclic) bond motifs is 1. The zero-order chi connectivity index (χ0) is 20.5. The largest absolute Gasteiger partial charge is 0.383 e. The minimum absolute atomic E-state index is 0.0182. The molecule has 1 saturated carbocycles. The van der Waals surface area contributed by atoms with Gasteiger partial charge in [0, 0.05) is 64.8 Å². The molecular weight excluding hydrogens is 356 g/mol. The maximum Gasteiger partial charge on any atom is 0.317 e. The van der Waals surface area contributed by atoms with Crippen LogP contribution in [0, 0.1) is 5.92 Å². The number of urea groups is 1. The van der Waals surface area contributed by atoms with Gasteiger partial charge in [0.05, 0.1) is 6.61 Å². The number of ketones is 1. The number of hydrogen-bond donors (Lipinski definition) is 1. The summed E-state index contributed by atoms with van der Waals surface area (Å²) in [5.41, 5.74) is 0. The molecule has 0 unspecified atom stereocenters. The molecule has 1 saturated heterocycles. The maximum atomic E-state index is 12.8. The van der Waals surface area contributed by atoms with E-state index in [0.717, 1.165) is 51.9 Å². The van der Waals surface area contributed by atoms with Gasteiger partial charge in [-0.2, -0.15) is 0 Å². The van der Waals surface area contributed by atoms with E-state index in [1.165, 1.54) is 0 Å². The normalized spacial score (nSPS) is 25.6. The molecule has 0 aromatic rings. The predicted molar refractivity (Wildman–Crippen MR) is 112 cm³/mol. The molecule has 0 aromatic carbocycles. The van der Waals surface area contributed by atoms with Crippen LogP contribution in [0.5, 0.6) is 0 Å². The third kappa shape index (κ3) is 6.71. The van der Waals surface area contributed by atoms with E-state index in [0.29, 0.717) is 43.9 Å². The van der Waals surface area contributed by atoms with Crippen molar-refractivity contribution in [2.24, 2.45) is 5.92 Å². The molecule has 1 aliphatic heterocycles. The molecule has 7 nitrogen and oxygen atoms in total. The number of methoxy groups -OCH3 is 1. The van der Waals surface area contributed by atoms with E-state index in [1.54, 1.807) is 7.11 Å². The van der Waals surface area contributed by atoms with Crippen LogP contribution < -0.4 is 5.32 Å². The van der Waals surface area contributed by atoms with Gasteiger partial charge in [0.25, 0.3) is 0 Å². The van der Waals surface area contributed by atoms with Crippen molar-refractivity contribution in [2.45, 2.75) is 58.0 Å². The summed E-state index contributed by atoms with van der Waals surface area (Å²) < 4.78 is 5.11. The third-order valence-corrected chi connectivity index (χ3v) is 6.20. The predicted octanol–water partition coefficient (Wildman–Crippen LogP) is 1.82. The fourth-order valence-electron chi connectivity index (χ4n) is 4.62. The molecule has 1 aliphatic carbocycles. The average molecular weight is 397 g/mol. The molecule has 0 radical (unpaired) electrons. The Labute approximate surface area is 170 Å². The summed E-state index contributed by atoms with van der Waals surface area (Å²) in [6, 6.07) is 0.665. The van der Waals surface area contributed by atoms with Crippen LogP contribution in [0.4, 0.5) is 4.79 Å². The van der Waals surface area contributed by atoms with Gasteiger partial charge in [0.15, 0.2) is 0 Å². The van der Waals surface area contributed by atoms with E-state index >= 15 is 0 Å². The van der Waals surface area contributed by atoms with Gasteiger partial charge < -0.3 is 19.9 Å². The summed E-state index contributed by atoms with van der Waals surface area (Å²) >= 11 is 0. The molecule has 1 N–H and O–H groups in total. The molecule has 2 aliphatic rings. The van der Waals surface area contributed by atoms with Crippen LogP contribution in [-0.4, -0.2) is 98.6 Å². The van der Waals surface area contributed by atoms with Gasteiger partial charge in [0.2, 0.25) is 0 Å². The molecule has 2 rings (SSSR count). The number of nitrogens with zero attached hydrogens (tertiary/aromatic N) is 3. The van der Waals surface area contributed by atoms with Crippen molar-refractivity contribution in [3.05, 3.63) is 0 Å². The number of Topliss-reactive ketones (excluding diaryl/α,β-unsaturated/α-hetero) is 1. The van der Waals surface area contributed by atoms with Gasteiger partial charge in [-0.3, -0.25) is 9.69 Å². The molecule has 1 heterocycles. The molecule has 0 spiro atoms. The number of nitrogens with one attached hydrogen (secondary N) is 1. The second-order valence-electron chi connectivity index (χ2n) is 8.36. The van der Waals surface area contributed by atoms with Crippen molar-refractivity contribution in [1.29, 1.82) is 0 Å². The number of carbonyl (C=O) groups is 2. The molecule has 0 aromatic heterocycles. The van der Waals surface area contributed by atoms with E-state index in [-0.39, 0.29) is 12.1 Å². The number of rotatable bonds is 10. The van der Waals surface area contributed by atoms with E-state index in [4.69, 9.17) is 4.74 Å². The van der Waals surface area contributed by atoms with Crippen LogP contribution in [0.2, 0.25) is 0 Å². The lowest BCUT2D eigenvalue weighted by atomic mass is 9.76. The zero-order valence-corrected chi connectivity index (χ0v) is 18.3. The van der Waals surface area contributed by atoms with Crippen molar-refractivity contribution in [2.75, 3.05) is 60.0 Å². The lowest BCUT2D eigenvalue weighted by Gasteiger charge is -2.47. The zero-order valence-electron chi connectivity index (χ0n) is 18.3. The molecule has 162 valence electrons. The fraction of sp³-hybridized carbons (Fsp3) is 0.905. The summed E-state index contributed by atoms with van der Waals surface area (Å²) in [5, 5.41) is 3.26. The number of amides is 2.